The summed E-state index contributed by atoms with van der Waals surface area (Å²) in [5.41, 5.74) is 2.64. The quantitative estimate of drug-likeness (QED) is 0.221. The second-order valence-electron chi connectivity index (χ2n) is 9.94. The largest absolute Gasteiger partial charge is 0.354 e. The van der Waals surface area contributed by atoms with E-state index in [-0.39, 0.29) is 17.3 Å². The van der Waals surface area contributed by atoms with Gasteiger partial charge in [-0.3, -0.25) is 13.9 Å². The predicted molar refractivity (Wildman–Crippen MR) is 166 cm³/mol. The van der Waals surface area contributed by atoms with E-state index in [0.717, 1.165) is 22.7 Å². The first-order chi connectivity index (χ1) is 19.5. The number of halogens is 2. The Morgan fingerprint density at radius 3 is 2.27 bits per heavy atom. The van der Waals surface area contributed by atoms with Crippen LogP contribution in [0.25, 0.3) is 0 Å². The third-order valence-electron chi connectivity index (χ3n) is 6.80. The van der Waals surface area contributed by atoms with Gasteiger partial charge in [0.15, 0.2) is 0 Å². The Morgan fingerprint density at radius 1 is 0.951 bits per heavy atom. The van der Waals surface area contributed by atoms with Crippen molar-refractivity contribution in [1.29, 1.82) is 0 Å². The molecular weight excluding hydrogens is 581 g/mol. The molecule has 0 saturated heterocycles. The molecule has 0 bridgehead atoms. The molecular formula is C31H37Cl2N3O4S. The molecule has 0 fully saturated rings. The summed E-state index contributed by atoms with van der Waals surface area (Å²) < 4.78 is 29.1. The van der Waals surface area contributed by atoms with Crippen LogP contribution in [-0.4, -0.2) is 44.3 Å². The van der Waals surface area contributed by atoms with Crippen LogP contribution in [0.2, 0.25) is 10.0 Å². The Hall–Kier alpha value is -3.07. The summed E-state index contributed by atoms with van der Waals surface area (Å²) in [7, 11) is -4.13. The number of aryl methyl sites for hydroxylation is 2. The van der Waals surface area contributed by atoms with Crippen molar-refractivity contribution >= 4 is 50.7 Å². The van der Waals surface area contributed by atoms with Gasteiger partial charge in [0.2, 0.25) is 11.8 Å². The molecule has 220 valence electrons. The first-order valence-corrected chi connectivity index (χ1v) is 15.8. The number of unbranched alkanes of at least 4 members (excludes halogenated alkanes) is 1. The molecule has 3 aromatic carbocycles. The number of hydrogen-bond acceptors (Lipinski definition) is 4. The Kier molecular flexibility index (Phi) is 11.6. The minimum absolute atomic E-state index is 0.000639. The van der Waals surface area contributed by atoms with Crippen molar-refractivity contribution in [3.8, 4) is 0 Å². The number of benzene rings is 3. The van der Waals surface area contributed by atoms with Crippen molar-refractivity contribution < 1.29 is 18.0 Å². The van der Waals surface area contributed by atoms with Gasteiger partial charge in [-0.2, -0.15) is 0 Å². The molecule has 10 heteroatoms. The molecule has 0 spiro atoms. The van der Waals surface area contributed by atoms with Crippen LogP contribution in [0.15, 0.2) is 71.6 Å². The summed E-state index contributed by atoms with van der Waals surface area (Å²) in [6.45, 7) is 7.53. The molecule has 0 radical (unpaired) electrons. The van der Waals surface area contributed by atoms with Crippen LogP contribution in [0.4, 0.5) is 5.69 Å². The minimum Gasteiger partial charge on any atom is -0.354 e. The zero-order chi connectivity index (χ0) is 30.2. The summed E-state index contributed by atoms with van der Waals surface area (Å²) in [4.78, 5) is 28.9. The first-order valence-electron chi connectivity index (χ1n) is 13.7. The van der Waals surface area contributed by atoms with Crippen LogP contribution in [0.3, 0.4) is 0 Å². The molecule has 7 nitrogen and oxygen atoms in total. The monoisotopic (exact) mass is 617 g/mol. The fraction of sp³-hybridized carbons (Fsp3) is 0.355. The fourth-order valence-electron chi connectivity index (χ4n) is 4.58. The first kappa shape index (κ1) is 32.4. The van der Waals surface area contributed by atoms with Gasteiger partial charge in [0.25, 0.3) is 10.0 Å². The summed E-state index contributed by atoms with van der Waals surface area (Å²) >= 11 is 12.6. The van der Waals surface area contributed by atoms with Crippen molar-refractivity contribution in [3.05, 3.63) is 93.5 Å². The van der Waals surface area contributed by atoms with E-state index in [1.54, 1.807) is 42.5 Å². The lowest BCUT2D eigenvalue weighted by molar-refractivity contribution is -0.140. The maximum Gasteiger partial charge on any atom is 0.264 e. The number of nitrogens with zero attached hydrogens (tertiary/aromatic N) is 2. The van der Waals surface area contributed by atoms with Gasteiger partial charge in [-0.15, -0.1) is 0 Å². The molecule has 0 aliphatic rings. The number of anilines is 1. The molecule has 1 atom stereocenters. The van der Waals surface area contributed by atoms with Gasteiger partial charge >= 0.3 is 0 Å². The van der Waals surface area contributed by atoms with E-state index in [9.17, 15) is 18.0 Å². The maximum absolute atomic E-state index is 14.2. The maximum atomic E-state index is 14.2. The standard InChI is InChI=1S/C31H37Cl2N3O4S/c1-5-7-17-34-31(38)28(6-2)35(20-24-14-15-25(32)19-27(24)33)30(37)21-36(29-16-13-22(3)18-23(29)4)41(39,40)26-11-9-8-10-12-26/h8-16,18-19,28H,5-7,17,20-21H2,1-4H3,(H,34,38). The van der Waals surface area contributed by atoms with E-state index in [1.165, 1.54) is 17.0 Å². The van der Waals surface area contributed by atoms with E-state index >= 15 is 0 Å². The molecule has 3 rings (SSSR count). The zero-order valence-electron chi connectivity index (χ0n) is 23.9. The van der Waals surface area contributed by atoms with Crippen molar-refractivity contribution in [2.24, 2.45) is 0 Å². The number of carbonyl (C=O) groups is 2. The summed E-state index contributed by atoms with van der Waals surface area (Å²) in [6, 6.07) is 17.5. The molecule has 1 N–H and O–H groups in total. The van der Waals surface area contributed by atoms with Crippen LogP contribution in [-0.2, 0) is 26.2 Å². The number of carbonyl (C=O) groups excluding carboxylic acids is 2. The average molecular weight is 619 g/mol. The normalized spacial score (nSPS) is 12.0. The van der Waals surface area contributed by atoms with E-state index < -0.39 is 28.5 Å². The molecule has 0 aliphatic carbocycles. The Labute approximate surface area is 253 Å². The zero-order valence-corrected chi connectivity index (χ0v) is 26.2. The number of rotatable bonds is 13. The lowest BCUT2D eigenvalue weighted by atomic mass is 10.1. The molecule has 0 aromatic heterocycles. The van der Waals surface area contributed by atoms with Crippen LogP contribution in [0.1, 0.15) is 49.8 Å². The van der Waals surface area contributed by atoms with Crippen LogP contribution in [0, 0.1) is 13.8 Å². The van der Waals surface area contributed by atoms with E-state index in [2.05, 4.69) is 5.32 Å². The second-order valence-corrected chi connectivity index (χ2v) is 12.6. The minimum atomic E-state index is -4.13. The lowest BCUT2D eigenvalue weighted by Gasteiger charge is -2.33. The number of nitrogens with one attached hydrogen (secondary N) is 1. The average Bonchev–Trinajstić information content (AvgIpc) is 2.93. The fourth-order valence-corrected chi connectivity index (χ4v) is 6.55. The second kappa shape index (κ2) is 14.7. The molecule has 2 amide bonds. The van der Waals surface area contributed by atoms with Gasteiger partial charge in [-0.1, -0.05) is 85.4 Å². The van der Waals surface area contributed by atoms with Gasteiger partial charge in [-0.05, 0) is 68.1 Å². The van der Waals surface area contributed by atoms with E-state index in [1.807, 2.05) is 39.8 Å². The van der Waals surface area contributed by atoms with Crippen molar-refractivity contribution in [3.63, 3.8) is 0 Å². The smallest absolute Gasteiger partial charge is 0.264 e. The molecule has 0 aliphatic heterocycles. The Morgan fingerprint density at radius 2 is 1.66 bits per heavy atom. The van der Waals surface area contributed by atoms with Crippen molar-refractivity contribution in [2.75, 3.05) is 17.4 Å². The SMILES string of the molecule is CCCCNC(=O)C(CC)N(Cc1ccc(Cl)cc1Cl)C(=O)CN(c1ccc(C)cc1C)S(=O)(=O)c1ccccc1. The van der Waals surface area contributed by atoms with Crippen molar-refractivity contribution in [1.82, 2.24) is 10.2 Å². The number of amides is 2. The molecule has 0 heterocycles. The third kappa shape index (κ3) is 8.24. The Bertz CT molecular complexity index is 1470. The number of hydrogen-bond donors (Lipinski definition) is 1. The van der Waals surface area contributed by atoms with Crippen molar-refractivity contribution in [2.45, 2.75) is 64.4 Å². The van der Waals surface area contributed by atoms with E-state index in [0.29, 0.717) is 39.8 Å². The molecule has 41 heavy (non-hydrogen) atoms. The predicted octanol–water partition coefficient (Wildman–Crippen LogP) is 6.53. The number of sulfonamides is 1. The highest BCUT2D eigenvalue weighted by Crippen LogP contribution is 2.29. The molecule has 0 saturated carbocycles. The van der Waals surface area contributed by atoms with Gasteiger partial charge in [0.05, 0.1) is 10.6 Å². The highest BCUT2D eigenvalue weighted by molar-refractivity contribution is 7.92. The van der Waals surface area contributed by atoms with Gasteiger partial charge < -0.3 is 10.2 Å². The van der Waals surface area contributed by atoms with E-state index in [4.69, 9.17) is 23.2 Å². The van der Waals surface area contributed by atoms with Gasteiger partial charge in [0, 0.05) is 23.1 Å². The van der Waals surface area contributed by atoms with Gasteiger partial charge in [0.1, 0.15) is 12.6 Å². The topological polar surface area (TPSA) is 86.8 Å². The lowest BCUT2D eigenvalue weighted by Crippen LogP contribution is -2.52. The summed E-state index contributed by atoms with van der Waals surface area (Å²) in [5.74, 6) is -0.837. The van der Waals surface area contributed by atoms with Gasteiger partial charge in [-0.25, -0.2) is 8.42 Å². The highest BCUT2D eigenvalue weighted by Gasteiger charge is 2.34. The van der Waals surface area contributed by atoms with Crippen LogP contribution >= 0.6 is 23.2 Å². The molecule has 3 aromatic rings. The summed E-state index contributed by atoms with van der Waals surface area (Å²) in [5, 5.41) is 3.70. The molecule has 1 unspecified atom stereocenters. The Balaban J connectivity index is 2.08. The highest BCUT2D eigenvalue weighted by atomic mass is 35.5. The summed E-state index contributed by atoms with van der Waals surface area (Å²) in [6.07, 6.45) is 2.03. The van der Waals surface area contributed by atoms with Crippen LogP contribution in [0.5, 0.6) is 0 Å². The van der Waals surface area contributed by atoms with Crippen LogP contribution < -0.4 is 9.62 Å². The third-order valence-corrected chi connectivity index (χ3v) is 9.16.